The van der Waals surface area contributed by atoms with Crippen LogP contribution in [0.25, 0.3) is 11.3 Å². The minimum absolute atomic E-state index is 0.0609. The smallest absolute Gasteiger partial charge is 0.338 e. The summed E-state index contributed by atoms with van der Waals surface area (Å²) in [5.74, 6) is -1.36. The molecule has 2 rings (SSSR count). The third kappa shape index (κ3) is 9.02. The number of hydroxylamine groups is 2. The van der Waals surface area contributed by atoms with Crippen LogP contribution in [0.15, 0.2) is 40.8 Å². The fourth-order valence-electron chi connectivity index (χ4n) is 4.05. The molecule has 0 radical (unpaired) electrons. The van der Waals surface area contributed by atoms with Gasteiger partial charge in [0.05, 0.1) is 30.8 Å². The van der Waals surface area contributed by atoms with E-state index in [-0.39, 0.29) is 24.3 Å². The summed E-state index contributed by atoms with van der Waals surface area (Å²) in [5, 5.41) is 15.7. The zero-order chi connectivity index (χ0) is 27.9. The third-order valence-electron chi connectivity index (χ3n) is 6.26. The van der Waals surface area contributed by atoms with Crippen LogP contribution in [0.1, 0.15) is 86.6 Å². The maximum Gasteiger partial charge on any atom is 0.338 e. The van der Waals surface area contributed by atoms with Crippen molar-refractivity contribution in [3.05, 3.63) is 47.7 Å². The number of carbonyl (C=O) groups is 4. The number of amides is 3. The Labute approximate surface area is 223 Å². The van der Waals surface area contributed by atoms with E-state index < -0.39 is 17.9 Å². The molecule has 208 valence electrons. The van der Waals surface area contributed by atoms with E-state index in [1.54, 1.807) is 37.3 Å². The highest BCUT2D eigenvalue weighted by Gasteiger charge is 2.30. The number of nitrogens with one attached hydrogen (secondary N) is 2. The summed E-state index contributed by atoms with van der Waals surface area (Å²) in [6.45, 7) is 6.10. The summed E-state index contributed by atoms with van der Waals surface area (Å²) in [5.41, 5.74) is 1.12. The predicted molar refractivity (Wildman–Crippen MR) is 141 cm³/mol. The van der Waals surface area contributed by atoms with Gasteiger partial charge in [-0.05, 0) is 43.5 Å². The van der Waals surface area contributed by atoms with Crippen LogP contribution in [0.4, 0.5) is 0 Å². The van der Waals surface area contributed by atoms with Crippen LogP contribution in [0.5, 0.6) is 0 Å². The first-order chi connectivity index (χ1) is 18.4. The number of furan rings is 1. The summed E-state index contributed by atoms with van der Waals surface area (Å²) in [4.78, 5) is 48.5. The highest BCUT2D eigenvalue weighted by molar-refractivity contribution is 5.92. The lowest BCUT2D eigenvalue weighted by Crippen LogP contribution is -2.47. The van der Waals surface area contributed by atoms with Gasteiger partial charge in [0.2, 0.25) is 12.3 Å². The number of carbonyl (C=O) groups excluding carboxylic acids is 4. The SMILES string of the molecule is CCCCC[C@@H](C(=O)NCNC(=O)c1ccc(-c2ccc(C(=O)OCCCC)cc2)o1)[C@@H](CC)N(O)C=O. The molecule has 0 saturated heterocycles. The second-order valence-corrected chi connectivity index (χ2v) is 9.02. The lowest BCUT2D eigenvalue weighted by Gasteiger charge is -2.29. The first kappa shape index (κ1) is 30.6. The monoisotopic (exact) mass is 529 g/mol. The van der Waals surface area contributed by atoms with Crippen LogP contribution < -0.4 is 10.6 Å². The van der Waals surface area contributed by atoms with Crippen LogP contribution in [-0.4, -0.2) is 53.8 Å². The van der Waals surface area contributed by atoms with E-state index in [1.807, 2.05) is 13.8 Å². The molecule has 1 aromatic carbocycles. The molecule has 1 aromatic heterocycles. The van der Waals surface area contributed by atoms with Crippen LogP contribution >= 0.6 is 0 Å². The van der Waals surface area contributed by atoms with Gasteiger partial charge in [-0.1, -0.05) is 58.6 Å². The normalized spacial score (nSPS) is 12.3. The number of nitrogens with zero attached hydrogens (tertiary/aromatic N) is 1. The number of ether oxygens (including phenoxy) is 1. The molecule has 3 amide bonds. The van der Waals surface area contributed by atoms with Gasteiger partial charge >= 0.3 is 5.97 Å². The van der Waals surface area contributed by atoms with E-state index in [0.29, 0.717) is 47.8 Å². The second-order valence-electron chi connectivity index (χ2n) is 9.02. The minimum Gasteiger partial charge on any atom is -0.462 e. The third-order valence-corrected chi connectivity index (χ3v) is 6.26. The van der Waals surface area contributed by atoms with Gasteiger partial charge in [0, 0.05) is 5.56 Å². The molecule has 2 atom stereocenters. The quantitative estimate of drug-likeness (QED) is 0.0683. The van der Waals surface area contributed by atoms with Crippen molar-refractivity contribution in [3.63, 3.8) is 0 Å². The average Bonchev–Trinajstić information content (AvgIpc) is 3.43. The largest absolute Gasteiger partial charge is 0.462 e. The van der Waals surface area contributed by atoms with Gasteiger partial charge in [0.15, 0.2) is 5.76 Å². The van der Waals surface area contributed by atoms with E-state index in [2.05, 4.69) is 10.6 Å². The van der Waals surface area contributed by atoms with Gasteiger partial charge in [0.25, 0.3) is 5.91 Å². The average molecular weight is 530 g/mol. The Morgan fingerprint density at radius 2 is 1.71 bits per heavy atom. The van der Waals surface area contributed by atoms with Crippen LogP contribution in [0, 0.1) is 5.92 Å². The topological polar surface area (TPSA) is 138 Å². The van der Waals surface area contributed by atoms with E-state index in [1.165, 1.54) is 6.07 Å². The first-order valence-electron chi connectivity index (χ1n) is 13.2. The number of hydrogen-bond donors (Lipinski definition) is 3. The molecular formula is C28H39N3O7. The summed E-state index contributed by atoms with van der Waals surface area (Å²) >= 11 is 0. The highest BCUT2D eigenvalue weighted by Crippen LogP contribution is 2.23. The summed E-state index contributed by atoms with van der Waals surface area (Å²) in [6.07, 6.45) is 5.64. The molecule has 0 bridgehead atoms. The van der Waals surface area contributed by atoms with Crippen molar-refractivity contribution in [1.29, 1.82) is 0 Å². The van der Waals surface area contributed by atoms with E-state index in [0.717, 1.165) is 32.1 Å². The Balaban J connectivity index is 1.94. The molecule has 1 heterocycles. The molecule has 0 aliphatic heterocycles. The molecule has 0 fully saturated rings. The van der Waals surface area contributed by atoms with Gasteiger partial charge in [-0.25, -0.2) is 9.86 Å². The molecule has 2 aromatic rings. The van der Waals surface area contributed by atoms with Gasteiger partial charge in [-0.2, -0.15) is 0 Å². The van der Waals surface area contributed by atoms with Crippen molar-refractivity contribution in [3.8, 4) is 11.3 Å². The number of benzene rings is 1. The Kier molecular flexibility index (Phi) is 13.1. The fourth-order valence-corrected chi connectivity index (χ4v) is 4.05. The van der Waals surface area contributed by atoms with Crippen LogP contribution in [-0.2, 0) is 14.3 Å². The van der Waals surface area contributed by atoms with Crippen molar-refractivity contribution in [2.45, 2.75) is 71.8 Å². The van der Waals surface area contributed by atoms with Crippen molar-refractivity contribution < 1.29 is 33.5 Å². The van der Waals surface area contributed by atoms with E-state index in [4.69, 9.17) is 9.15 Å². The number of esters is 1. The molecule has 10 heteroatoms. The highest BCUT2D eigenvalue weighted by atomic mass is 16.5. The van der Waals surface area contributed by atoms with E-state index >= 15 is 0 Å². The summed E-state index contributed by atoms with van der Waals surface area (Å²) in [7, 11) is 0. The number of rotatable bonds is 17. The Morgan fingerprint density at radius 3 is 2.34 bits per heavy atom. The molecular weight excluding hydrogens is 490 g/mol. The Hall–Kier alpha value is -3.66. The first-order valence-corrected chi connectivity index (χ1v) is 13.2. The molecule has 3 N–H and O–H groups in total. The Bertz CT molecular complexity index is 1040. The second kappa shape index (κ2) is 16.2. The minimum atomic E-state index is -0.655. The van der Waals surface area contributed by atoms with Gasteiger partial charge in [0.1, 0.15) is 5.76 Å². The lowest BCUT2D eigenvalue weighted by atomic mass is 9.90. The number of unbranched alkanes of at least 4 members (excludes halogenated alkanes) is 3. The standard InChI is InChI=1S/C28H39N3O7/c1-4-7-9-10-22(23(6-3)31(36)19-32)26(33)29-18-30-27(34)25-16-15-24(38-25)20-11-13-21(14-12-20)28(35)37-17-8-5-2/h11-16,19,22-23,36H,4-10,17-18H2,1-3H3,(H,29,33)(H,30,34)/t22-,23-/m1/s1. The van der Waals surface area contributed by atoms with Crippen molar-refractivity contribution in [1.82, 2.24) is 15.7 Å². The molecule has 0 aliphatic rings. The van der Waals surface area contributed by atoms with E-state index in [9.17, 15) is 24.4 Å². The van der Waals surface area contributed by atoms with Gasteiger partial charge in [-0.3, -0.25) is 19.6 Å². The zero-order valence-electron chi connectivity index (χ0n) is 22.4. The van der Waals surface area contributed by atoms with Crippen LogP contribution in [0.3, 0.4) is 0 Å². The maximum absolute atomic E-state index is 12.8. The van der Waals surface area contributed by atoms with Crippen molar-refractivity contribution in [2.24, 2.45) is 5.92 Å². The molecule has 0 saturated carbocycles. The molecule has 10 nitrogen and oxygen atoms in total. The molecule has 38 heavy (non-hydrogen) atoms. The van der Waals surface area contributed by atoms with Gasteiger partial charge in [-0.15, -0.1) is 0 Å². The fraction of sp³-hybridized carbons (Fsp3) is 0.500. The lowest BCUT2D eigenvalue weighted by molar-refractivity contribution is -0.168. The maximum atomic E-state index is 12.8. The Morgan fingerprint density at radius 1 is 1.00 bits per heavy atom. The van der Waals surface area contributed by atoms with Gasteiger partial charge < -0.3 is 19.8 Å². The predicted octanol–water partition coefficient (Wildman–Crippen LogP) is 4.53. The van der Waals surface area contributed by atoms with Crippen molar-refractivity contribution >= 4 is 24.2 Å². The molecule has 0 spiro atoms. The van der Waals surface area contributed by atoms with Crippen LogP contribution in [0.2, 0.25) is 0 Å². The molecule has 0 unspecified atom stereocenters. The summed E-state index contributed by atoms with van der Waals surface area (Å²) < 4.78 is 10.9. The molecule has 0 aliphatic carbocycles. The number of hydrogen-bond acceptors (Lipinski definition) is 7. The summed E-state index contributed by atoms with van der Waals surface area (Å²) in [6, 6.07) is 9.21. The van der Waals surface area contributed by atoms with Crippen molar-refractivity contribution in [2.75, 3.05) is 13.3 Å². The zero-order valence-corrected chi connectivity index (χ0v) is 22.4.